The number of rotatable bonds is 7. The van der Waals surface area contributed by atoms with Crippen molar-refractivity contribution in [1.29, 1.82) is 0 Å². The molecule has 3 saturated heterocycles. The summed E-state index contributed by atoms with van der Waals surface area (Å²) < 4.78 is 32.3. The van der Waals surface area contributed by atoms with Crippen LogP contribution in [0.1, 0.15) is 99.8 Å². The molecule has 21 atom stereocenters. The Bertz CT molecular complexity index is 1370. The number of aliphatic hydroxyl groups is 8. The highest BCUT2D eigenvalue weighted by molar-refractivity contribution is 5.18. The maximum Gasteiger partial charge on any atom is 0.187 e. The fourth-order valence-corrected chi connectivity index (χ4v) is 13.5. The number of allylic oxidation sites excluding steroid dienone is 1. The van der Waals surface area contributed by atoms with E-state index in [1.54, 1.807) is 0 Å². The highest BCUT2D eigenvalue weighted by Crippen LogP contribution is 2.72. The molecule has 54 heavy (non-hydrogen) atoms. The molecule has 13 nitrogen and oxygen atoms in total. The van der Waals surface area contributed by atoms with Crippen molar-refractivity contribution in [1.82, 2.24) is 0 Å². The molecule has 2 unspecified atom stereocenters. The molecule has 0 spiro atoms. The van der Waals surface area contributed by atoms with Crippen LogP contribution in [0.2, 0.25) is 0 Å². The molecule has 0 bridgehead atoms. The Labute approximate surface area is 320 Å². The first-order chi connectivity index (χ1) is 25.3. The Morgan fingerprint density at radius 1 is 0.667 bits per heavy atom. The SMILES string of the molecule is CC(C)=C[C@H]1C[C@](C)(O[C@@H]2O[C@H](CO)[C@@H](O)[C@H](O)[C@H]2O)[C@H]2CC[C@@]3(C)C2[C@@H](C[C@H]2[C@H]3CCC3C(C)(C)[C@@H](O[C@@H]4O[C@H](CO)[C@@H](O)[C@H](O)[C@H]4O)CC[C@@]32C)O1. The predicted molar refractivity (Wildman–Crippen MR) is 194 cm³/mol. The molecule has 3 heterocycles. The first-order valence-electron chi connectivity index (χ1n) is 20.6. The molecule has 7 aliphatic rings. The van der Waals surface area contributed by atoms with Crippen LogP contribution in [0.5, 0.6) is 0 Å². The van der Waals surface area contributed by atoms with Gasteiger partial charge in [-0.1, -0.05) is 39.3 Å². The van der Waals surface area contributed by atoms with Gasteiger partial charge in [0, 0.05) is 6.42 Å². The second-order valence-corrected chi connectivity index (χ2v) is 19.7. The van der Waals surface area contributed by atoms with Gasteiger partial charge in [0.1, 0.15) is 48.8 Å². The third-order valence-corrected chi connectivity index (χ3v) is 16.1. The lowest BCUT2D eigenvalue weighted by Crippen LogP contribution is -2.64. The Hall–Kier alpha value is -0.780. The zero-order valence-electron chi connectivity index (χ0n) is 33.2. The number of hydrogen-bond donors (Lipinski definition) is 8. The van der Waals surface area contributed by atoms with Crippen LogP contribution in [0.3, 0.4) is 0 Å². The van der Waals surface area contributed by atoms with Crippen molar-refractivity contribution in [3.05, 3.63) is 11.6 Å². The zero-order valence-corrected chi connectivity index (χ0v) is 33.2. The minimum Gasteiger partial charge on any atom is -0.394 e. The van der Waals surface area contributed by atoms with Crippen LogP contribution in [-0.2, 0) is 23.7 Å². The summed E-state index contributed by atoms with van der Waals surface area (Å²) >= 11 is 0. The summed E-state index contributed by atoms with van der Waals surface area (Å²) in [5, 5.41) is 83.5. The fraction of sp³-hybridized carbons (Fsp3) is 0.951. The van der Waals surface area contributed by atoms with Gasteiger partial charge in [0.05, 0.1) is 37.1 Å². The fourth-order valence-electron chi connectivity index (χ4n) is 13.5. The third kappa shape index (κ3) is 6.57. The number of hydrogen-bond acceptors (Lipinski definition) is 13. The molecule has 0 radical (unpaired) electrons. The van der Waals surface area contributed by atoms with Crippen LogP contribution in [0.4, 0.5) is 0 Å². The molecule has 4 aliphatic carbocycles. The summed E-state index contributed by atoms with van der Waals surface area (Å²) in [4.78, 5) is 0. The van der Waals surface area contributed by atoms with Crippen LogP contribution in [0.15, 0.2) is 11.6 Å². The molecule has 3 aliphatic heterocycles. The maximum absolute atomic E-state index is 11.1. The largest absolute Gasteiger partial charge is 0.394 e. The van der Waals surface area contributed by atoms with E-state index in [2.05, 4.69) is 54.5 Å². The molecule has 4 saturated carbocycles. The Morgan fingerprint density at radius 2 is 1.26 bits per heavy atom. The lowest BCUT2D eigenvalue weighted by Gasteiger charge is -2.67. The van der Waals surface area contributed by atoms with Gasteiger partial charge in [0.25, 0.3) is 0 Å². The summed E-state index contributed by atoms with van der Waals surface area (Å²) in [5.41, 5.74) is -0.0369. The van der Waals surface area contributed by atoms with E-state index in [9.17, 15) is 40.9 Å². The summed E-state index contributed by atoms with van der Waals surface area (Å²) in [5.74, 6) is 1.40. The average Bonchev–Trinajstić information content (AvgIpc) is 3.44. The molecule has 8 N–H and O–H groups in total. The molecule has 0 aromatic carbocycles. The lowest BCUT2D eigenvalue weighted by atomic mass is 9.39. The van der Waals surface area contributed by atoms with Crippen molar-refractivity contribution in [2.45, 2.75) is 185 Å². The zero-order chi connectivity index (χ0) is 39.3. The first-order valence-corrected chi connectivity index (χ1v) is 20.6. The van der Waals surface area contributed by atoms with Crippen molar-refractivity contribution in [2.24, 2.45) is 45.8 Å². The lowest BCUT2D eigenvalue weighted by molar-refractivity contribution is -0.334. The Balaban J connectivity index is 1.16. The normalized spacial score (nSPS) is 55.5. The molecule has 7 rings (SSSR count). The van der Waals surface area contributed by atoms with Crippen LogP contribution >= 0.6 is 0 Å². The van der Waals surface area contributed by atoms with Crippen molar-refractivity contribution >= 4 is 0 Å². The van der Waals surface area contributed by atoms with Crippen LogP contribution in [0.25, 0.3) is 0 Å². The average molecular weight is 769 g/mol. The first kappa shape index (κ1) is 41.4. The smallest absolute Gasteiger partial charge is 0.187 e. The summed E-state index contributed by atoms with van der Waals surface area (Å²) in [7, 11) is 0. The minimum atomic E-state index is -1.52. The highest BCUT2D eigenvalue weighted by atomic mass is 16.7. The van der Waals surface area contributed by atoms with Gasteiger partial charge in [-0.2, -0.15) is 0 Å². The topological polar surface area (TPSA) is 208 Å². The minimum absolute atomic E-state index is 0.0223. The number of fused-ring (bicyclic) bond motifs is 4. The van der Waals surface area contributed by atoms with E-state index in [0.29, 0.717) is 24.2 Å². The van der Waals surface area contributed by atoms with Gasteiger partial charge in [-0.3, -0.25) is 0 Å². The van der Waals surface area contributed by atoms with Gasteiger partial charge < -0.3 is 64.5 Å². The molecule has 310 valence electrons. The quantitative estimate of drug-likeness (QED) is 0.138. The van der Waals surface area contributed by atoms with E-state index in [1.807, 2.05) is 0 Å². The third-order valence-electron chi connectivity index (χ3n) is 16.1. The second kappa shape index (κ2) is 14.8. The number of aliphatic hydroxyl groups excluding tert-OH is 8. The molecule has 13 heteroatoms. The number of ether oxygens (including phenoxy) is 5. The van der Waals surface area contributed by atoms with Crippen LogP contribution in [-0.4, -0.2) is 139 Å². The van der Waals surface area contributed by atoms with Gasteiger partial charge in [0.2, 0.25) is 0 Å². The van der Waals surface area contributed by atoms with Crippen molar-refractivity contribution in [3.8, 4) is 0 Å². The molecule has 0 amide bonds. The molecular formula is C41H68O13. The molecular weight excluding hydrogens is 700 g/mol. The second-order valence-electron chi connectivity index (χ2n) is 19.7. The van der Waals surface area contributed by atoms with Gasteiger partial charge in [-0.05, 0) is 112 Å². The van der Waals surface area contributed by atoms with Crippen LogP contribution < -0.4 is 0 Å². The van der Waals surface area contributed by atoms with E-state index in [4.69, 9.17) is 23.7 Å². The monoisotopic (exact) mass is 768 g/mol. The van der Waals surface area contributed by atoms with Gasteiger partial charge in [-0.25, -0.2) is 0 Å². The van der Waals surface area contributed by atoms with E-state index in [1.165, 1.54) is 0 Å². The van der Waals surface area contributed by atoms with Crippen molar-refractivity contribution < 1.29 is 64.5 Å². The van der Waals surface area contributed by atoms with Gasteiger partial charge >= 0.3 is 0 Å². The Kier molecular flexibility index (Phi) is 11.3. The summed E-state index contributed by atoms with van der Waals surface area (Å²) in [6.07, 6.45) is -4.62. The van der Waals surface area contributed by atoms with Crippen molar-refractivity contribution in [2.75, 3.05) is 13.2 Å². The van der Waals surface area contributed by atoms with E-state index in [-0.39, 0.29) is 46.4 Å². The summed E-state index contributed by atoms with van der Waals surface area (Å²) in [6, 6.07) is 0. The predicted octanol–water partition coefficient (Wildman–Crippen LogP) is 1.78. The van der Waals surface area contributed by atoms with E-state index in [0.717, 1.165) is 50.5 Å². The van der Waals surface area contributed by atoms with Crippen LogP contribution in [0, 0.1) is 45.8 Å². The van der Waals surface area contributed by atoms with Crippen molar-refractivity contribution in [3.63, 3.8) is 0 Å². The molecule has 0 aromatic heterocycles. The van der Waals surface area contributed by atoms with E-state index < -0.39 is 80.2 Å². The highest BCUT2D eigenvalue weighted by Gasteiger charge is 2.69. The standard InChI is InChI=1S/C41H68O13/c1-19(2)14-20-16-41(7,54-37-35(49)33(47)31(45)26(18-43)52-37)22-10-12-40(6)21-8-9-27-38(3,4)28(53-36-34(48)32(46)30(44)25(17-42)51-36)11-13-39(27,5)23(21)15-24(50-20)29(22)40/h14,20-37,42-49H,8-13,15-18H2,1-7H3/t20-,21+,22-,23-,24+,25+,26+,27?,28-,29?,30+,31+,32-,33-,34+,35+,36-,37-,39+,40+,41-/m0/s1. The van der Waals surface area contributed by atoms with Gasteiger partial charge in [0.15, 0.2) is 12.6 Å². The van der Waals surface area contributed by atoms with Gasteiger partial charge in [-0.15, -0.1) is 0 Å². The Morgan fingerprint density at radius 3 is 1.87 bits per heavy atom. The maximum atomic E-state index is 11.1. The van der Waals surface area contributed by atoms with E-state index >= 15 is 0 Å². The molecule has 7 fully saturated rings. The molecule has 0 aromatic rings. The summed E-state index contributed by atoms with van der Waals surface area (Å²) in [6.45, 7) is 14.6.